The van der Waals surface area contributed by atoms with E-state index >= 15 is 0 Å². The van der Waals surface area contributed by atoms with E-state index in [1.54, 1.807) is 24.3 Å². The molecule has 1 aliphatic heterocycles. The average molecular weight is 357 g/mol. The van der Waals surface area contributed by atoms with Crippen molar-refractivity contribution >= 4 is 17.5 Å². The molecule has 0 radical (unpaired) electrons. The molecule has 1 unspecified atom stereocenters. The molecule has 4 rings (SSSR count). The predicted octanol–water partition coefficient (Wildman–Crippen LogP) is 3.72. The normalized spacial score (nSPS) is 16.8. The van der Waals surface area contributed by atoms with Gasteiger partial charge >= 0.3 is 0 Å². The number of halogens is 1. The molecule has 2 aromatic heterocycles. The van der Waals surface area contributed by atoms with E-state index in [0.717, 1.165) is 11.6 Å². The topological polar surface area (TPSA) is 64.2 Å². The van der Waals surface area contributed by atoms with Crippen LogP contribution in [0.2, 0.25) is 5.02 Å². The van der Waals surface area contributed by atoms with Crippen LogP contribution in [0.5, 0.6) is 0 Å². The summed E-state index contributed by atoms with van der Waals surface area (Å²) >= 11 is 5.91. The number of aromatic nitrogens is 3. The van der Waals surface area contributed by atoms with Gasteiger partial charge in [0.05, 0.1) is 6.04 Å². The van der Waals surface area contributed by atoms with Gasteiger partial charge in [0.25, 0.3) is 5.91 Å². The lowest BCUT2D eigenvalue weighted by Gasteiger charge is -2.33. The van der Waals surface area contributed by atoms with E-state index in [1.165, 1.54) is 0 Å². The van der Waals surface area contributed by atoms with Crippen molar-refractivity contribution in [1.29, 1.82) is 0 Å². The van der Waals surface area contributed by atoms with E-state index in [0.29, 0.717) is 35.3 Å². The van der Waals surface area contributed by atoms with E-state index in [-0.39, 0.29) is 11.9 Å². The molecule has 0 saturated carbocycles. The number of amides is 1. The monoisotopic (exact) mass is 356 g/mol. The molecule has 3 aromatic rings. The van der Waals surface area contributed by atoms with Gasteiger partial charge in [0.15, 0.2) is 17.4 Å². The number of rotatable bonds is 2. The Hall–Kier alpha value is -2.60. The number of fused-ring (bicyclic) bond motifs is 1. The minimum atomic E-state index is -0.172. The maximum atomic E-state index is 12.8. The first kappa shape index (κ1) is 15.9. The van der Waals surface area contributed by atoms with Gasteiger partial charge in [-0.25, -0.2) is 0 Å². The van der Waals surface area contributed by atoms with E-state index in [9.17, 15) is 4.79 Å². The van der Waals surface area contributed by atoms with E-state index in [1.807, 2.05) is 35.4 Å². The maximum absolute atomic E-state index is 12.8. The standard InChI is InChI=1S/C18H17ClN4O2/c1-11-3-8-15(25-11)17-21-20-16-12(2)22(9-10-23(16)17)18(24)13-4-6-14(19)7-5-13/h3-8,12H,9-10H2,1-2H3. The Labute approximate surface area is 150 Å². The summed E-state index contributed by atoms with van der Waals surface area (Å²) in [7, 11) is 0. The summed E-state index contributed by atoms with van der Waals surface area (Å²) in [5, 5.41) is 9.19. The zero-order valence-electron chi connectivity index (χ0n) is 13.9. The Bertz CT molecular complexity index is 929. The predicted molar refractivity (Wildman–Crippen MR) is 93.4 cm³/mol. The summed E-state index contributed by atoms with van der Waals surface area (Å²) in [6, 6.07) is 10.6. The van der Waals surface area contributed by atoms with Crippen LogP contribution in [0.15, 0.2) is 40.8 Å². The molecule has 0 fully saturated rings. The molecule has 1 atom stereocenters. The lowest BCUT2D eigenvalue weighted by Crippen LogP contribution is -2.41. The molecule has 0 aliphatic carbocycles. The number of hydrogen-bond acceptors (Lipinski definition) is 4. The highest BCUT2D eigenvalue weighted by Gasteiger charge is 2.32. The van der Waals surface area contributed by atoms with Crippen molar-refractivity contribution < 1.29 is 9.21 Å². The molecular formula is C18H17ClN4O2. The quantitative estimate of drug-likeness (QED) is 0.702. The Morgan fingerprint density at radius 2 is 1.92 bits per heavy atom. The van der Waals surface area contributed by atoms with Crippen molar-refractivity contribution in [3.63, 3.8) is 0 Å². The fraction of sp³-hybridized carbons (Fsp3) is 0.278. The lowest BCUT2D eigenvalue weighted by molar-refractivity contribution is 0.0638. The summed E-state index contributed by atoms with van der Waals surface area (Å²) in [4.78, 5) is 14.6. The molecule has 128 valence electrons. The smallest absolute Gasteiger partial charge is 0.254 e. The van der Waals surface area contributed by atoms with Gasteiger partial charge in [-0.15, -0.1) is 10.2 Å². The molecule has 0 N–H and O–H groups in total. The lowest BCUT2D eigenvalue weighted by atomic mass is 10.1. The zero-order valence-corrected chi connectivity index (χ0v) is 14.7. The van der Waals surface area contributed by atoms with Crippen molar-refractivity contribution in [2.24, 2.45) is 0 Å². The maximum Gasteiger partial charge on any atom is 0.254 e. The van der Waals surface area contributed by atoms with Crippen LogP contribution in [-0.4, -0.2) is 32.1 Å². The van der Waals surface area contributed by atoms with Gasteiger partial charge in [-0.1, -0.05) is 11.6 Å². The fourth-order valence-corrected chi connectivity index (χ4v) is 3.28. The highest BCUT2D eigenvalue weighted by atomic mass is 35.5. The Morgan fingerprint density at radius 3 is 2.60 bits per heavy atom. The van der Waals surface area contributed by atoms with E-state index < -0.39 is 0 Å². The molecule has 7 heteroatoms. The first-order valence-corrected chi connectivity index (χ1v) is 8.49. The van der Waals surface area contributed by atoms with Crippen molar-refractivity contribution in [3.05, 3.63) is 58.6 Å². The molecule has 25 heavy (non-hydrogen) atoms. The highest BCUT2D eigenvalue weighted by molar-refractivity contribution is 6.30. The summed E-state index contributed by atoms with van der Waals surface area (Å²) < 4.78 is 7.69. The summed E-state index contributed by atoms with van der Waals surface area (Å²) in [5.41, 5.74) is 0.617. The first-order chi connectivity index (χ1) is 12.0. The second-order valence-corrected chi connectivity index (χ2v) is 6.56. The van der Waals surface area contributed by atoms with Crippen LogP contribution in [0.1, 0.15) is 34.9 Å². The largest absolute Gasteiger partial charge is 0.458 e. The number of carbonyl (C=O) groups is 1. The van der Waals surface area contributed by atoms with Gasteiger partial charge < -0.3 is 13.9 Å². The average Bonchev–Trinajstić information content (AvgIpc) is 3.21. The third-order valence-corrected chi connectivity index (χ3v) is 4.75. The number of hydrogen-bond donors (Lipinski definition) is 0. The van der Waals surface area contributed by atoms with Gasteiger partial charge in [0.1, 0.15) is 5.76 Å². The Kier molecular flexibility index (Phi) is 3.84. The van der Waals surface area contributed by atoms with Gasteiger partial charge in [-0.2, -0.15) is 0 Å². The third-order valence-electron chi connectivity index (χ3n) is 4.50. The van der Waals surface area contributed by atoms with Gasteiger partial charge in [-0.05, 0) is 50.2 Å². The molecule has 1 amide bonds. The second kappa shape index (κ2) is 6.04. The molecule has 1 aliphatic rings. The second-order valence-electron chi connectivity index (χ2n) is 6.13. The number of furan rings is 1. The Balaban J connectivity index is 1.63. The number of nitrogens with zero attached hydrogens (tertiary/aromatic N) is 4. The van der Waals surface area contributed by atoms with E-state index in [4.69, 9.17) is 16.0 Å². The van der Waals surface area contributed by atoms with E-state index in [2.05, 4.69) is 10.2 Å². The van der Waals surface area contributed by atoms with Crippen molar-refractivity contribution in [1.82, 2.24) is 19.7 Å². The molecule has 0 bridgehead atoms. The summed E-state index contributed by atoms with van der Waals surface area (Å²) in [5.74, 6) is 2.96. The van der Waals surface area contributed by atoms with Crippen LogP contribution < -0.4 is 0 Å². The number of aryl methyl sites for hydroxylation is 1. The molecule has 0 saturated heterocycles. The van der Waals surface area contributed by atoms with Crippen LogP contribution in [0.3, 0.4) is 0 Å². The van der Waals surface area contributed by atoms with Gasteiger partial charge in [0, 0.05) is 23.7 Å². The number of benzene rings is 1. The van der Waals surface area contributed by atoms with Crippen LogP contribution >= 0.6 is 11.6 Å². The molecular weight excluding hydrogens is 340 g/mol. The van der Waals surface area contributed by atoms with Crippen LogP contribution in [0, 0.1) is 6.92 Å². The highest BCUT2D eigenvalue weighted by Crippen LogP contribution is 2.30. The van der Waals surface area contributed by atoms with Crippen molar-refractivity contribution in [3.8, 4) is 11.6 Å². The van der Waals surface area contributed by atoms with Crippen LogP contribution in [0.4, 0.5) is 0 Å². The summed E-state index contributed by atoms with van der Waals surface area (Å²) in [6.45, 7) is 5.07. The van der Waals surface area contributed by atoms with Crippen molar-refractivity contribution in [2.45, 2.75) is 26.4 Å². The fourth-order valence-electron chi connectivity index (χ4n) is 3.16. The molecule has 1 aromatic carbocycles. The van der Waals surface area contributed by atoms with Crippen molar-refractivity contribution in [2.75, 3.05) is 6.54 Å². The summed E-state index contributed by atoms with van der Waals surface area (Å²) in [6.07, 6.45) is 0. The molecule has 3 heterocycles. The zero-order chi connectivity index (χ0) is 17.6. The SMILES string of the molecule is Cc1ccc(-c2nnc3n2CCN(C(=O)c2ccc(Cl)cc2)C3C)o1. The first-order valence-electron chi connectivity index (χ1n) is 8.11. The van der Waals surface area contributed by atoms with Crippen LogP contribution in [-0.2, 0) is 6.54 Å². The molecule has 0 spiro atoms. The molecule has 6 nitrogen and oxygen atoms in total. The Morgan fingerprint density at radius 1 is 1.16 bits per heavy atom. The minimum Gasteiger partial charge on any atom is -0.458 e. The number of carbonyl (C=O) groups excluding carboxylic acids is 1. The van der Waals surface area contributed by atoms with Gasteiger partial charge in [0.2, 0.25) is 0 Å². The minimum absolute atomic E-state index is 0.0335. The van der Waals surface area contributed by atoms with Crippen LogP contribution in [0.25, 0.3) is 11.6 Å². The third kappa shape index (κ3) is 2.72. The van der Waals surface area contributed by atoms with Gasteiger partial charge in [-0.3, -0.25) is 4.79 Å².